The Morgan fingerprint density at radius 1 is 1.19 bits per heavy atom. The smallest absolute Gasteiger partial charge is 0.481 e. The molecule has 4 rings (SSSR count). The number of carbonyl (C=O) groups is 3. The van der Waals surface area contributed by atoms with Gasteiger partial charge in [0.25, 0.3) is 5.91 Å². The topological polar surface area (TPSA) is 129 Å². The number of ether oxygens (including phenoxy) is 2. The standard InChI is InChI=1S/C23H22F3N3O7/c1-28(8-9-35-19(32)7-6-18(30)31)12-2-4-14-16(10-12)27-21-20(33)15-11-13(36-23(24,25)26)3-5-17(15)29(21)22(14)34/h2-5,10-11,19,21,27,32H,6-9H2,1H3,(H,30,31). The quantitative estimate of drug-likeness (QED) is 0.437. The van der Waals surface area contributed by atoms with E-state index in [1.54, 1.807) is 30.1 Å². The van der Waals surface area contributed by atoms with E-state index < -0.39 is 42.2 Å². The number of carboxylic acid groups (broad SMARTS) is 1. The van der Waals surface area contributed by atoms with Crippen molar-refractivity contribution in [3.8, 4) is 5.75 Å². The Morgan fingerprint density at radius 3 is 2.64 bits per heavy atom. The van der Waals surface area contributed by atoms with Crippen molar-refractivity contribution in [1.29, 1.82) is 0 Å². The van der Waals surface area contributed by atoms with Crippen molar-refractivity contribution in [3.63, 3.8) is 0 Å². The molecule has 13 heteroatoms. The summed E-state index contributed by atoms with van der Waals surface area (Å²) >= 11 is 0. The molecule has 0 aromatic heterocycles. The SMILES string of the molecule is CN(CCOC(O)CCC(=O)O)c1ccc2c(c1)NC1C(=O)c3cc(OC(F)(F)F)ccc3N1C2=O. The number of likely N-dealkylation sites (N-methyl/N-ethyl adjacent to an activating group) is 1. The molecule has 10 nitrogen and oxygen atoms in total. The van der Waals surface area contributed by atoms with Crippen molar-refractivity contribution in [2.24, 2.45) is 0 Å². The van der Waals surface area contributed by atoms with Crippen LogP contribution in [0.15, 0.2) is 36.4 Å². The number of hydrogen-bond acceptors (Lipinski definition) is 8. The van der Waals surface area contributed by atoms with E-state index in [0.29, 0.717) is 17.9 Å². The first-order chi connectivity index (χ1) is 16.9. The predicted octanol–water partition coefficient (Wildman–Crippen LogP) is 2.82. The zero-order chi connectivity index (χ0) is 26.2. The molecule has 0 fully saturated rings. The van der Waals surface area contributed by atoms with Gasteiger partial charge in [-0.3, -0.25) is 19.3 Å². The number of aliphatic hydroxyl groups excluding tert-OH is 1. The number of halogens is 3. The number of alkyl halides is 3. The second kappa shape index (κ2) is 9.66. The van der Waals surface area contributed by atoms with Gasteiger partial charge in [-0.05, 0) is 36.4 Å². The van der Waals surface area contributed by atoms with Gasteiger partial charge in [-0.2, -0.15) is 0 Å². The summed E-state index contributed by atoms with van der Waals surface area (Å²) in [6.07, 6.45) is -7.51. The van der Waals surface area contributed by atoms with Gasteiger partial charge in [-0.15, -0.1) is 13.2 Å². The number of anilines is 3. The number of hydrogen-bond donors (Lipinski definition) is 3. The Morgan fingerprint density at radius 2 is 1.94 bits per heavy atom. The van der Waals surface area contributed by atoms with Crippen LogP contribution in [0.2, 0.25) is 0 Å². The monoisotopic (exact) mass is 509 g/mol. The van der Waals surface area contributed by atoms with Gasteiger partial charge < -0.3 is 29.9 Å². The highest BCUT2D eigenvalue weighted by atomic mass is 19.4. The highest BCUT2D eigenvalue weighted by Gasteiger charge is 2.45. The molecule has 2 aliphatic heterocycles. The Kier molecular flexibility index (Phi) is 6.78. The number of carboxylic acids is 1. The maximum Gasteiger partial charge on any atom is 0.573 e. The van der Waals surface area contributed by atoms with E-state index in [9.17, 15) is 32.7 Å². The average molecular weight is 509 g/mol. The lowest BCUT2D eigenvalue weighted by atomic mass is 10.1. The van der Waals surface area contributed by atoms with Crippen molar-refractivity contribution >= 4 is 34.7 Å². The molecule has 2 aliphatic rings. The number of amides is 1. The molecule has 0 saturated carbocycles. The van der Waals surface area contributed by atoms with Gasteiger partial charge in [0, 0.05) is 31.3 Å². The molecule has 2 atom stereocenters. The predicted molar refractivity (Wildman–Crippen MR) is 120 cm³/mol. The van der Waals surface area contributed by atoms with E-state index in [1.807, 2.05) is 0 Å². The fraction of sp³-hybridized carbons (Fsp3) is 0.348. The van der Waals surface area contributed by atoms with E-state index >= 15 is 0 Å². The number of aliphatic carboxylic acids is 1. The lowest BCUT2D eigenvalue weighted by Gasteiger charge is -2.33. The van der Waals surface area contributed by atoms with E-state index in [2.05, 4.69) is 10.1 Å². The van der Waals surface area contributed by atoms with Crippen LogP contribution in [0.1, 0.15) is 33.6 Å². The molecule has 0 radical (unpaired) electrons. The molecule has 0 saturated heterocycles. The average Bonchev–Trinajstić information content (AvgIpc) is 3.08. The molecule has 0 bridgehead atoms. The number of rotatable bonds is 9. The first-order valence-corrected chi connectivity index (χ1v) is 10.9. The Labute approximate surface area is 202 Å². The Bertz CT molecular complexity index is 1200. The number of nitrogens with one attached hydrogen (secondary N) is 1. The second-order valence-corrected chi connectivity index (χ2v) is 8.22. The van der Waals surface area contributed by atoms with Crippen molar-refractivity contribution < 1.29 is 47.2 Å². The third-order valence-electron chi connectivity index (χ3n) is 5.76. The summed E-state index contributed by atoms with van der Waals surface area (Å²) in [5, 5.41) is 21.3. The van der Waals surface area contributed by atoms with Gasteiger partial charge in [0.15, 0.2) is 12.5 Å². The minimum absolute atomic E-state index is 0.0396. The molecule has 36 heavy (non-hydrogen) atoms. The second-order valence-electron chi connectivity index (χ2n) is 8.22. The minimum atomic E-state index is -4.92. The molecule has 0 aliphatic carbocycles. The van der Waals surface area contributed by atoms with Crippen LogP contribution in [0.5, 0.6) is 5.75 Å². The van der Waals surface area contributed by atoms with Crippen molar-refractivity contribution in [1.82, 2.24) is 0 Å². The van der Waals surface area contributed by atoms with E-state index in [1.165, 1.54) is 11.0 Å². The normalized spacial score (nSPS) is 17.1. The zero-order valence-electron chi connectivity index (χ0n) is 18.9. The molecule has 2 heterocycles. The van der Waals surface area contributed by atoms with Crippen LogP contribution in [0.3, 0.4) is 0 Å². The van der Waals surface area contributed by atoms with Crippen LogP contribution < -0.4 is 19.9 Å². The summed E-state index contributed by atoms with van der Waals surface area (Å²) in [5.41, 5.74) is 1.43. The van der Waals surface area contributed by atoms with E-state index in [-0.39, 0.29) is 36.3 Å². The Hall–Kier alpha value is -3.84. The summed E-state index contributed by atoms with van der Waals surface area (Å²) in [6, 6.07) is 8.15. The lowest BCUT2D eigenvalue weighted by molar-refractivity contribution is -0.274. The van der Waals surface area contributed by atoms with E-state index in [0.717, 1.165) is 12.1 Å². The molecular formula is C23H22F3N3O7. The lowest BCUT2D eigenvalue weighted by Crippen LogP contribution is -2.49. The largest absolute Gasteiger partial charge is 0.573 e. The number of nitrogens with zero attached hydrogens (tertiary/aromatic N) is 2. The highest BCUT2D eigenvalue weighted by Crippen LogP contribution is 2.41. The Balaban J connectivity index is 1.46. The zero-order valence-corrected chi connectivity index (χ0v) is 18.9. The van der Waals surface area contributed by atoms with Crippen LogP contribution in [0.25, 0.3) is 0 Å². The first-order valence-electron chi connectivity index (χ1n) is 10.9. The molecule has 2 aromatic rings. The minimum Gasteiger partial charge on any atom is -0.481 e. The fourth-order valence-corrected chi connectivity index (χ4v) is 4.02. The third-order valence-corrected chi connectivity index (χ3v) is 5.76. The molecule has 192 valence electrons. The number of aliphatic hydroxyl groups is 1. The van der Waals surface area contributed by atoms with Crippen LogP contribution in [0.4, 0.5) is 30.2 Å². The van der Waals surface area contributed by atoms with E-state index in [4.69, 9.17) is 9.84 Å². The summed E-state index contributed by atoms with van der Waals surface area (Å²) in [6.45, 7) is 0.437. The summed E-state index contributed by atoms with van der Waals surface area (Å²) in [5.74, 6) is -2.65. The molecule has 0 spiro atoms. The van der Waals surface area contributed by atoms with Crippen LogP contribution in [0, 0.1) is 0 Å². The number of Topliss-reactive ketones (excluding diaryl/α,β-unsaturated/α-hetero) is 1. The highest BCUT2D eigenvalue weighted by molar-refractivity contribution is 6.25. The van der Waals surface area contributed by atoms with Crippen molar-refractivity contribution in [2.75, 3.05) is 35.3 Å². The van der Waals surface area contributed by atoms with Crippen molar-refractivity contribution in [3.05, 3.63) is 47.5 Å². The fourth-order valence-electron chi connectivity index (χ4n) is 4.02. The van der Waals surface area contributed by atoms with Gasteiger partial charge in [0.2, 0.25) is 5.78 Å². The van der Waals surface area contributed by atoms with Crippen LogP contribution in [-0.4, -0.2) is 66.9 Å². The molecule has 2 aromatic carbocycles. The van der Waals surface area contributed by atoms with Gasteiger partial charge in [-0.25, -0.2) is 0 Å². The van der Waals surface area contributed by atoms with Gasteiger partial charge in [-0.1, -0.05) is 0 Å². The summed E-state index contributed by atoms with van der Waals surface area (Å²) < 4.78 is 46.9. The van der Waals surface area contributed by atoms with Crippen molar-refractivity contribution in [2.45, 2.75) is 31.7 Å². The molecule has 2 unspecified atom stereocenters. The number of ketones is 1. The maximum atomic E-state index is 13.2. The number of carbonyl (C=O) groups excluding carboxylic acids is 2. The molecular weight excluding hydrogens is 487 g/mol. The molecule has 3 N–H and O–H groups in total. The maximum absolute atomic E-state index is 13.2. The summed E-state index contributed by atoms with van der Waals surface area (Å²) in [7, 11) is 1.74. The third kappa shape index (κ3) is 5.21. The van der Waals surface area contributed by atoms with Crippen LogP contribution in [-0.2, 0) is 9.53 Å². The van der Waals surface area contributed by atoms with Gasteiger partial charge >= 0.3 is 12.3 Å². The number of benzene rings is 2. The first kappa shape index (κ1) is 25.3. The number of fused-ring (bicyclic) bond motifs is 4. The van der Waals surface area contributed by atoms with Gasteiger partial charge in [0.1, 0.15) is 5.75 Å². The summed E-state index contributed by atoms with van der Waals surface area (Å²) in [4.78, 5) is 39.6. The molecule has 1 amide bonds. The van der Waals surface area contributed by atoms with Gasteiger partial charge in [0.05, 0.1) is 30.0 Å². The van der Waals surface area contributed by atoms with Crippen LogP contribution >= 0.6 is 0 Å².